The summed E-state index contributed by atoms with van der Waals surface area (Å²) in [6.45, 7) is 0. The van der Waals surface area contributed by atoms with Gasteiger partial charge in [-0.1, -0.05) is 91.0 Å². The zero-order valence-electron chi connectivity index (χ0n) is 19.2. The van der Waals surface area contributed by atoms with Crippen molar-refractivity contribution in [1.82, 2.24) is 0 Å². The van der Waals surface area contributed by atoms with Crippen LogP contribution in [0, 0.1) is 11.7 Å². The lowest BCUT2D eigenvalue weighted by Crippen LogP contribution is -3.00. The predicted octanol–water partition coefficient (Wildman–Crippen LogP) is 3.74. The van der Waals surface area contributed by atoms with E-state index in [0.29, 0.717) is 0 Å². The molecule has 0 fully saturated rings. The third-order valence-electron chi connectivity index (χ3n) is 5.79. The van der Waals surface area contributed by atoms with Gasteiger partial charge in [-0.25, -0.2) is 0 Å². The summed E-state index contributed by atoms with van der Waals surface area (Å²) >= 11 is 0. The Kier molecular flexibility index (Phi) is 8.17. The molecule has 5 aromatic carbocycles. The average Bonchev–Trinajstić information content (AvgIpc) is 2.94. The van der Waals surface area contributed by atoms with Crippen molar-refractivity contribution in [2.75, 3.05) is 4.90 Å². The highest BCUT2D eigenvalue weighted by Gasteiger charge is 2.45. The maximum atomic E-state index is 3.87. The fourth-order valence-corrected chi connectivity index (χ4v) is 7.54. The third-order valence-corrected chi connectivity index (χ3v) is 9.44. The number of benzene rings is 5. The summed E-state index contributed by atoms with van der Waals surface area (Å²) in [6, 6.07) is 56.6. The van der Waals surface area contributed by atoms with E-state index in [1.165, 1.54) is 15.9 Å². The van der Waals surface area contributed by atoms with E-state index in [1.807, 2.05) is 12.1 Å². The van der Waals surface area contributed by atoms with E-state index in [-0.39, 0.29) is 17.0 Å². The molecule has 0 spiro atoms. The van der Waals surface area contributed by atoms with Crippen molar-refractivity contribution in [3.8, 4) is 11.7 Å². The van der Waals surface area contributed by atoms with Crippen LogP contribution in [0.5, 0.6) is 0 Å². The molecule has 0 amide bonds. The Morgan fingerprint density at radius 2 is 0.686 bits per heavy atom. The molecule has 1 nitrogen and oxygen atoms in total. The summed E-state index contributed by atoms with van der Waals surface area (Å²) in [7, 11) is -2.25. The second-order valence-electron chi connectivity index (χ2n) is 7.91. The second-order valence-corrected chi connectivity index (χ2v) is 11.0. The SMILES string of the molecule is C(#C[P+](c1ccccc1)(c1ccccc1)c1ccccc1)N(c1ccccc1)c1ccccc1.[Br-]. The van der Waals surface area contributed by atoms with Crippen LogP contribution in [0.4, 0.5) is 11.4 Å². The molecule has 0 saturated carbocycles. The monoisotopic (exact) mass is 533 g/mol. The Hall–Kier alpha value is -3.63. The zero-order chi connectivity index (χ0) is 23.1. The summed E-state index contributed by atoms with van der Waals surface area (Å²) in [5, 5.41) is 3.75. The number of hydrogen-bond donors (Lipinski definition) is 0. The van der Waals surface area contributed by atoms with E-state index in [0.717, 1.165) is 11.4 Å². The second kappa shape index (κ2) is 11.7. The lowest BCUT2D eigenvalue weighted by Gasteiger charge is -2.22. The molecular formula is C32H25BrNP. The first-order chi connectivity index (χ1) is 16.9. The molecule has 0 atom stereocenters. The molecule has 170 valence electrons. The molecular weight excluding hydrogens is 509 g/mol. The van der Waals surface area contributed by atoms with Gasteiger partial charge in [0, 0.05) is 0 Å². The fourth-order valence-electron chi connectivity index (χ4n) is 4.15. The van der Waals surface area contributed by atoms with Crippen LogP contribution in [0.1, 0.15) is 0 Å². The van der Waals surface area contributed by atoms with Gasteiger partial charge < -0.3 is 17.0 Å². The van der Waals surface area contributed by atoms with Crippen LogP contribution in [0.25, 0.3) is 0 Å². The summed E-state index contributed by atoms with van der Waals surface area (Å²) in [4.78, 5) is 2.10. The van der Waals surface area contributed by atoms with Gasteiger partial charge in [0.1, 0.15) is 21.6 Å². The lowest BCUT2D eigenvalue weighted by atomic mass is 10.2. The molecule has 5 aromatic rings. The van der Waals surface area contributed by atoms with Gasteiger partial charge >= 0.3 is 0 Å². The molecule has 0 aliphatic heterocycles. The van der Waals surface area contributed by atoms with Gasteiger partial charge in [-0.15, -0.1) is 0 Å². The first-order valence-corrected chi connectivity index (χ1v) is 13.2. The van der Waals surface area contributed by atoms with Gasteiger partial charge in [-0.2, -0.15) is 0 Å². The number of nitrogens with zero attached hydrogens (tertiary/aromatic N) is 1. The molecule has 0 aliphatic carbocycles. The zero-order valence-corrected chi connectivity index (χ0v) is 21.7. The fraction of sp³-hybridized carbons (Fsp3) is 0. The summed E-state index contributed by atoms with van der Waals surface area (Å²) < 4.78 is 0. The smallest absolute Gasteiger partial charge is 0.191 e. The van der Waals surface area contributed by atoms with Crippen molar-refractivity contribution in [1.29, 1.82) is 0 Å². The van der Waals surface area contributed by atoms with E-state index in [2.05, 4.69) is 156 Å². The molecule has 3 heteroatoms. The van der Waals surface area contributed by atoms with Crippen LogP contribution in [-0.4, -0.2) is 0 Å². The minimum absolute atomic E-state index is 0. The van der Waals surface area contributed by atoms with Crippen LogP contribution < -0.4 is 37.8 Å². The van der Waals surface area contributed by atoms with Gasteiger partial charge in [0.15, 0.2) is 7.26 Å². The van der Waals surface area contributed by atoms with Gasteiger partial charge in [-0.05, 0) is 60.7 Å². The van der Waals surface area contributed by atoms with Crippen LogP contribution in [0.3, 0.4) is 0 Å². The highest BCUT2D eigenvalue weighted by atomic mass is 79.9. The van der Waals surface area contributed by atoms with Gasteiger partial charge in [-0.3, -0.25) is 4.90 Å². The lowest BCUT2D eigenvalue weighted by molar-refractivity contribution is -0.00000643. The Morgan fingerprint density at radius 1 is 0.400 bits per heavy atom. The minimum atomic E-state index is -2.25. The van der Waals surface area contributed by atoms with E-state index < -0.39 is 7.26 Å². The Morgan fingerprint density at radius 3 is 1.00 bits per heavy atom. The van der Waals surface area contributed by atoms with E-state index in [9.17, 15) is 0 Å². The normalized spacial score (nSPS) is 10.4. The summed E-state index contributed by atoms with van der Waals surface area (Å²) in [6.07, 6.45) is 0. The maximum absolute atomic E-state index is 3.87. The topological polar surface area (TPSA) is 3.24 Å². The molecule has 0 N–H and O–H groups in total. The molecule has 0 aliphatic rings. The van der Waals surface area contributed by atoms with Crippen molar-refractivity contribution in [3.63, 3.8) is 0 Å². The Labute approximate surface area is 219 Å². The molecule has 5 rings (SSSR count). The Balaban J connectivity index is 0.00000289. The van der Waals surface area contributed by atoms with E-state index in [4.69, 9.17) is 0 Å². The van der Waals surface area contributed by atoms with Gasteiger partial charge in [0.2, 0.25) is 0 Å². The van der Waals surface area contributed by atoms with E-state index >= 15 is 0 Å². The standard InChI is InChI=1S/C32H25NP.BrH/c1-6-16-28(17-7-1)33(29-18-8-2-9-19-29)26-27-34(30-20-10-3-11-21-30,31-22-12-4-13-23-31)32-24-14-5-15-25-32;/h1-25H;1H/q+1;/p-1. The van der Waals surface area contributed by atoms with Crippen molar-refractivity contribution < 1.29 is 17.0 Å². The maximum Gasteiger partial charge on any atom is 0.191 e. The molecule has 0 saturated heterocycles. The van der Waals surface area contributed by atoms with Crippen LogP contribution in [0.15, 0.2) is 152 Å². The highest BCUT2D eigenvalue weighted by Crippen LogP contribution is 2.54. The van der Waals surface area contributed by atoms with Crippen molar-refractivity contribution >= 4 is 34.6 Å². The quantitative estimate of drug-likeness (QED) is 0.189. The largest absolute Gasteiger partial charge is 1.00 e. The molecule has 0 aromatic heterocycles. The van der Waals surface area contributed by atoms with Crippen molar-refractivity contribution in [2.45, 2.75) is 0 Å². The minimum Gasteiger partial charge on any atom is -1.00 e. The van der Waals surface area contributed by atoms with Crippen molar-refractivity contribution in [2.24, 2.45) is 0 Å². The van der Waals surface area contributed by atoms with Crippen molar-refractivity contribution in [3.05, 3.63) is 152 Å². The molecule has 0 radical (unpaired) electrons. The highest BCUT2D eigenvalue weighted by molar-refractivity contribution is 7.99. The van der Waals surface area contributed by atoms with E-state index in [1.54, 1.807) is 0 Å². The molecule has 0 bridgehead atoms. The predicted molar refractivity (Wildman–Crippen MR) is 148 cm³/mol. The first kappa shape index (κ1) is 24.5. The average molecular weight is 534 g/mol. The number of halogens is 1. The Bertz CT molecular complexity index is 1240. The number of hydrogen-bond acceptors (Lipinski definition) is 1. The summed E-state index contributed by atoms with van der Waals surface area (Å²) in [5.74, 6) is 0. The van der Waals surface area contributed by atoms with Crippen LogP contribution in [0.2, 0.25) is 0 Å². The van der Waals surface area contributed by atoms with Crippen LogP contribution in [-0.2, 0) is 0 Å². The number of para-hydroxylation sites is 2. The van der Waals surface area contributed by atoms with Gasteiger partial charge in [0.05, 0.1) is 17.4 Å². The summed E-state index contributed by atoms with van der Waals surface area (Å²) in [5.41, 5.74) is 5.97. The molecule has 35 heavy (non-hydrogen) atoms. The third kappa shape index (κ3) is 5.23. The molecule has 0 unspecified atom stereocenters. The van der Waals surface area contributed by atoms with Crippen LogP contribution >= 0.6 is 7.26 Å². The van der Waals surface area contributed by atoms with Gasteiger partial charge in [0.25, 0.3) is 0 Å². The first-order valence-electron chi connectivity index (χ1n) is 11.4. The molecule has 0 heterocycles. The number of anilines is 2. The number of rotatable bonds is 5.